The minimum Gasteiger partial charge on any atom is -0.494 e. The molecule has 0 N–H and O–H groups in total. The number of benzene rings is 2. The fourth-order valence-electron chi connectivity index (χ4n) is 5.10. The molecule has 180 valence electrons. The Morgan fingerprint density at radius 2 is 1.88 bits per heavy atom. The van der Waals surface area contributed by atoms with Gasteiger partial charge in [0.2, 0.25) is 5.72 Å². The van der Waals surface area contributed by atoms with Crippen molar-refractivity contribution in [2.45, 2.75) is 44.9 Å². The lowest BCUT2D eigenvalue weighted by Gasteiger charge is -2.51. The van der Waals surface area contributed by atoms with Crippen molar-refractivity contribution in [3.8, 4) is 17.2 Å². The standard InChI is InChI=1S/C26H31N3O5/c1-4-32-19-11-9-18(10-12-19)21-17-22-20-7-6-8-23(31-3)24(20)34-26(29(22)27-21)13-15-28(16-14-26)25(30)33-5-2/h6-12,22H,4-5,13-17H2,1-3H3. The first-order valence-corrected chi connectivity index (χ1v) is 12.0. The van der Waals surface area contributed by atoms with Gasteiger partial charge in [0.05, 0.1) is 32.1 Å². The third-order valence-corrected chi connectivity index (χ3v) is 6.78. The van der Waals surface area contributed by atoms with E-state index in [1.165, 1.54) is 0 Å². The second kappa shape index (κ2) is 9.08. The summed E-state index contributed by atoms with van der Waals surface area (Å²) in [6.45, 7) is 5.89. The quantitative estimate of drug-likeness (QED) is 0.643. The number of ether oxygens (including phenoxy) is 4. The van der Waals surface area contributed by atoms with Gasteiger partial charge in [-0.3, -0.25) is 0 Å². The number of carbonyl (C=O) groups is 1. The van der Waals surface area contributed by atoms with E-state index in [2.05, 4.69) is 23.2 Å². The first-order valence-electron chi connectivity index (χ1n) is 12.0. The number of nitrogens with zero attached hydrogens (tertiary/aromatic N) is 3. The third kappa shape index (κ3) is 3.81. The van der Waals surface area contributed by atoms with E-state index in [0.717, 1.165) is 40.5 Å². The van der Waals surface area contributed by atoms with Crippen LogP contribution < -0.4 is 14.2 Å². The molecule has 0 aliphatic carbocycles. The van der Waals surface area contributed by atoms with Crippen LogP contribution in [0.2, 0.25) is 0 Å². The monoisotopic (exact) mass is 465 g/mol. The van der Waals surface area contributed by atoms with Crippen LogP contribution in [0, 0.1) is 0 Å². The number of hydrogen-bond acceptors (Lipinski definition) is 7. The number of amides is 1. The van der Waals surface area contributed by atoms with Gasteiger partial charge < -0.3 is 23.8 Å². The van der Waals surface area contributed by atoms with Gasteiger partial charge in [0.15, 0.2) is 11.5 Å². The van der Waals surface area contributed by atoms with Crippen molar-refractivity contribution in [3.05, 3.63) is 53.6 Å². The van der Waals surface area contributed by atoms with Crippen LogP contribution in [0.4, 0.5) is 4.79 Å². The molecule has 3 heterocycles. The molecule has 1 amide bonds. The average Bonchev–Trinajstić information content (AvgIpc) is 3.32. The number of likely N-dealkylation sites (tertiary alicyclic amines) is 1. The van der Waals surface area contributed by atoms with Crippen LogP contribution in [0.5, 0.6) is 17.2 Å². The Hall–Kier alpha value is -3.42. The van der Waals surface area contributed by atoms with Crippen LogP contribution in [0.15, 0.2) is 47.6 Å². The molecule has 5 rings (SSSR count). The van der Waals surface area contributed by atoms with E-state index in [1.54, 1.807) is 12.0 Å². The number of hydrogen-bond donors (Lipinski definition) is 0. The lowest BCUT2D eigenvalue weighted by Crippen LogP contribution is -2.59. The zero-order valence-corrected chi connectivity index (χ0v) is 20.0. The molecule has 1 atom stereocenters. The van der Waals surface area contributed by atoms with Gasteiger partial charge in [-0.1, -0.05) is 12.1 Å². The summed E-state index contributed by atoms with van der Waals surface area (Å²) in [6, 6.07) is 14.1. The SMILES string of the molecule is CCOC(=O)N1CCC2(CC1)Oc1c(OC)cccc1C1CC(c3ccc(OCC)cc3)=NN12. The Morgan fingerprint density at radius 1 is 1.12 bits per heavy atom. The van der Waals surface area contributed by atoms with Crippen LogP contribution in [0.25, 0.3) is 0 Å². The van der Waals surface area contributed by atoms with Crippen LogP contribution in [0.3, 0.4) is 0 Å². The summed E-state index contributed by atoms with van der Waals surface area (Å²) < 4.78 is 23.2. The smallest absolute Gasteiger partial charge is 0.409 e. The maximum absolute atomic E-state index is 12.3. The van der Waals surface area contributed by atoms with Crippen molar-refractivity contribution in [3.63, 3.8) is 0 Å². The lowest BCUT2D eigenvalue weighted by molar-refractivity contribution is -0.148. The van der Waals surface area contributed by atoms with Gasteiger partial charge in [-0.25, -0.2) is 9.80 Å². The molecule has 1 saturated heterocycles. The second-order valence-corrected chi connectivity index (χ2v) is 8.68. The summed E-state index contributed by atoms with van der Waals surface area (Å²) in [5.41, 5.74) is 2.51. The molecule has 34 heavy (non-hydrogen) atoms. The molecule has 2 aromatic rings. The van der Waals surface area contributed by atoms with E-state index < -0.39 is 5.72 Å². The van der Waals surface area contributed by atoms with Gasteiger partial charge in [-0.2, -0.15) is 5.10 Å². The molecule has 0 aromatic heterocycles. The Kier molecular flexibility index (Phi) is 5.98. The average molecular weight is 466 g/mol. The zero-order chi connectivity index (χ0) is 23.7. The fourth-order valence-corrected chi connectivity index (χ4v) is 5.10. The largest absolute Gasteiger partial charge is 0.494 e. The maximum atomic E-state index is 12.3. The van der Waals surface area contributed by atoms with E-state index in [-0.39, 0.29) is 12.1 Å². The Bertz CT molecular complexity index is 1080. The minimum atomic E-state index is -0.650. The number of methoxy groups -OCH3 is 1. The molecule has 2 aromatic carbocycles. The number of carbonyl (C=O) groups excluding carboxylic acids is 1. The van der Waals surface area contributed by atoms with E-state index in [4.69, 9.17) is 24.0 Å². The van der Waals surface area contributed by atoms with Crippen LogP contribution in [-0.4, -0.2) is 60.9 Å². The van der Waals surface area contributed by atoms with Crippen LogP contribution in [-0.2, 0) is 4.74 Å². The normalized spacial score (nSPS) is 20.2. The summed E-state index contributed by atoms with van der Waals surface area (Å²) in [4.78, 5) is 14.0. The molecule has 3 aliphatic rings. The molecule has 0 radical (unpaired) electrons. The topological polar surface area (TPSA) is 72.8 Å². The predicted octanol–water partition coefficient (Wildman–Crippen LogP) is 4.59. The first kappa shape index (κ1) is 22.4. The van der Waals surface area contributed by atoms with E-state index in [1.807, 2.05) is 38.1 Å². The zero-order valence-electron chi connectivity index (χ0n) is 20.0. The Labute approximate surface area is 200 Å². The minimum absolute atomic E-state index is 0.0366. The summed E-state index contributed by atoms with van der Waals surface area (Å²) in [6.07, 6.45) is 1.74. The number of piperidine rings is 1. The summed E-state index contributed by atoms with van der Waals surface area (Å²) in [5, 5.41) is 7.23. The number of rotatable bonds is 5. The van der Waals surface area contributed by atoms with Gasteiger partial charge in [0.1, 0.15) is 5.75 Å². The van der Waals surface area contributed by atoms with E-state index in [9.17, 15) is 4.79 Å². The highest BCUT2D eigenvalue weighted by molar-refractivity contribution is 6.02. The van der Waals surface area contributed by atoms with Crippen molar-refractivity contribution in [2.75, 3.05) is 33.4 Å². The molecule has 1 unspecified atom stereocenters. The van der Waals surface area contributed by atoms with Gasteiger partial charge in [0, 0.05) is 37.9 Å². The fraction of sp³-hybridized carbons (Fsp3) is 0.462. The number of para-hydroxylation sites is 1. The van der Waals surface area contributed by atoms with Crippen LogP contribution in [0.1, 0.15) is 50.3 Å². The number of hydrazone groups is 1. The number of fused-ring (bicyclic) bond motifs is 4. The molecule has 1 fully saturated rings. The molecule has 8 heteroatoms. The van der Waals surface area contributed by atoms with Gasteiger partial charge in [-0.05, 0) is 49.7 Å². The van der Waals surface area contributed by atoms with E-state index in [0.29, 0.717) is 39.1 Å². The second-order valence-electron chi connectivity index (χ2n) is 8.68. The highest BCUT2D eigenvalue weighted by Crippen LogP contribution is 2.52. The molecule has 3 aliphatic heterocycles. The molecular formula is C26H31N3O5. The third-order valence-electron chi connectivity index (χ3n) is 6.78. The molecular weight excluding hydrogens is 434 g/mol. The van der Waals surface area contributed by atoms with Crippen molar-refractivity contribution in [2.24, 2.45) is 5.10 Å². The summed E-state index contributed by atoms with van der Waals surface area (Å²) in [5.74, 6) is 2.35. The Balaban J connectivity index is 1.48. The van der Waals surface area contributed by atoms with Crippen molar-refractivity contribution < 1.29 is 23.7 Å². The molecule has 0 bridgehead atoms. The van der Waals surface area contributed by atoms with Gasteiger partial charge in [0.25, 0.3) is 0 Å². The van der Waals surface area contributed by atoms with E-state index >= 15 is 0 Å². The highest BCUT2D eigenvalue weighted by atomic mass is 16.6. The maximum Gasteiger partial charge on any atom is 0.409 e. The molecule has 0 saturated carbocycles. The highest BCUT2D eigenvalue weighted by Gasteiger charge is 2.53. The van der Waals surface area contributed by atoms with Crippen molar-refractivity contribution >= 4 is 11.8 Å². The molecule has 1 spiro atoms. The summed E-state index contributed by atoms with van der Waals surface area (Å²) in [7, 11) is 1.66. The van der Waals surface area contributed by atoms with Crippen molar-refractivity contribution in [1.82, 2.24) is 9.91 Å². The van der Waals surface area contributed by atoms with Crippen molar-refractivity contribution in [1.29, 1.82) is 0 Å². The Morgan fingerprint density at radius 3 is 2.56 bits per heavy atom. The first-order chi connectivity index (χ1) is 16.6. The summed E-state index contributed by atoms with van der Waals surface area (Å²) >= 11 is 0. The molecule has 8 nitrogen and oxygen atoms in total. The predicted molar refractivity (Wildman–Crippen MR) is 128 cm³/mol. The van der Waals surface area contributed by atoms with Gasteiger partial charge >= 0.3 is 6.09 Å². The van der Waals surface area contributed by atoms with Gasteiger partial charge in [-0.15, -0.1) is 0 Å². The van der Waals surface area contributed by atoms with Crippen LogP contribution >= 0.6 is 0 Å². The lowest BCUT2D eigenvalue weighted by atomic mass is 9.90.